The van der Waals surface area contributed by atoms with Crippen LogP contribution in [0.15, 0.2) is 17.6 Å². The van der Waals surface area contributed by atoms with E-state index in [-0.39, 0.29) is 5.92 Å². The molecule has 6 nitrogen and oxygen atoms in total. The Balaban J connectivity index is 2.14. The Bertz CT molecular complexity index is 660. The Hall–Kier alpha value is -2.15. The van der Waals surface area contributed by atoms with Crippen LogP contribution in [0.5, 0.6) is 0 Å². The van der Waals surface area contributed by atoms with Gasteiger partial charge in [-0.05, 0) is 18.9 Å². The van der Waals surface area contributed by atoms with Gasteiger partial charge < -0.3 is 15.4 Å². The fourth-order valence-corrected chi connectivity index (χ4v) is 2.52. The Labute approximate surface area is 126 Å². The molecule has 0 fully saturated rings. The molecule has 3 N–H and O–H groups in total. The first-order valence-corrected chi connectivity index (χ1v) is 7.41. The van der Waals surface area contributed by atoms with Crippen LogP contribution in [0.4, 0.5) is 0 Å². The molecule has 2 rings (SSSR count). The number of nitrogens with zero attached hydrogens (tertiary/aromatic N) is 1. The molecule has 0 aliphatic heterocycles. The minimum Gasteiger partial charge on any atom is -0.480 e. The average Bonchev–Trinajstić information content (AvgIpc) is 3.03. The molecule has 7 heteroatoms. The summed E-state index contributed by atoms with van der Waals surface area (Å²) in [6, 6.07) is 0.758. The van der Waals surface area contributed by atoms with Gasteiger partial charge in [0, 0.05) is 17.1 Å². The largest absolute Gasteiger partial charge is 0.480 e. The van der Waals surface area contributed by atoms with E-state index in [4.69, 9.17) is 5.11 Å². The molecular weight excluding hydrogens is 290 g/mol. The molecule has 0 aliphatic carbocycles. The number of aromatic amines is 1. The number of hydrogen-bond donors (Lipinski definition) is 3. The highest BCUT2D eigenvalue weighted by atomic mass is 32.1. The summed E-state index contributed by atoms with van der Waals surface area (Å²) in [5.74, 6) is -1.67. The number of aryl methyl sites for hydroxylation is 1. The van der Waals surface area contributed by atoms with Crippen molar-refractivity contribution >= 4 is 23.2 Å². The van der Waals surface area contributed by atoms with E-state index in [1.54, 1.807) is 26.1 Å². The fourth-order valence-electron chi connectivity index (χ4n) is 1.90. The van der Waals surface area contributed by atoms with E-state index in [0.717, 1.165) is 16.3 Å². The summed E-state index contributed by atoms with van der Waals surface area (Å²) in [7, 11) is 0. The SMILES string of the molecule is Cc1nc(-c2c[nH]c(C(=O)NC(C(=O)O)C(C)C)c2)cs1. The number of carboxylic acid groups (broad SMARTS) is 1. The van der Waals surface area contributed by atoms with Crippen molar-refractivity contribution in [1.82, 2.24) is 15.3 Å². The molecule has 1 atom stereocenters. The van der Waals surface area contributed by atoms with E-state index < -0.39 is 17.9 Å². The number of nitrogens with one attached hydrogen (secondary N) is 2. The standard InChI is InChI=1S/C14H17N3O3S/c1-7(2)12(14(19)20)17-13(18)10-4-9(5-15-10)11-6-21-8(3)16-11/h4-7,12,15H,1-3H3,(H,17,18)(H,19,20). The van der Waals surface area contributed by atoms with Crippen LogP contribution in [0.25, 0.3) is 11.3 Å². The summed E-state index contributed by atoms with van der Waals surface area (Å²) in [6.45, 7) is 5.41. The smallest absolute Gasteiger partial charge is 0.326 e. The first kappa shape index (κ1) is 15.2. The molecule has 112 valence electrons. The van der Waals surface area contributed by atoms with Gasteiger partial charge in [-0.25, -0.2) is 9.78 Å². The Morgan fingerprint density at radius 3 is 2.67 bits per heavy atom. The highest BCUT2D eigenvalue weighted by molar-refractivity contribution is 7.09. The second kappa shape index (κ2) is 6.09. The first-order chi connectivity index (χ1) is 9.88. The van der Waals surface area contributed by atoms with Crippen molar-refractivity contribution < 1.29 is 14.7 Å². The summed E-state index contributed by atoms with van der Waals surface area (Å²) in [5, 5.41) is 14.5. The van der Waals surface area contributed by atoms with Crippen LogP contribution < -0.4 is 5.32 Å². The quantitative estimate of drug-likeness (QED) is 0.789. The molecular formula is C14H17N3O3S. The molecule has 1 amide bonds. The molecule has 0 radical (unpaired) electrons. The lowest BCUT2D eigenvalue weighted by Crippen LogP contribution is -2.44. The maximum absolute atomic E-state index is 12.1. The van der Waals surface area contributed by atoms with Crippen LogP contribution in [0.1, 0.15) is 29.3 Å². The number of aromatic nitrogens is 2. The number of aliphatic carboxylic acids is 1. The predicted octanol–water partition coefficient (Wildman–Crippen LogP) is 2.29. The van der Waals surface area contributed by atoms with Gasteiger partial charge in [0.2, 0.25) is 0 Å². The van der Waals surface area contributed by atoms with Crippen LogP contribution in [0.2, 0.25) is 0 Å². The molecule has 0 spiro atoms. The second-order valence-electron chi connectivity index (χ2n) is 5.09. The minimum atomic E-state index is -1.04. The van der Waals surface area contributed by atoms with Crippen molar-refractivity contribution in [3.63, 3.8) is 0 Å². The summed E-state index contributed by atoms with van der Waals surface area (Å²) < 4.78 is 0. The zero-order valence-corrected chi connectivity index (χ0v) is 12.8. The van der Waals surface area contributed by atoms with E-state index in [9.17, 15) is 9.59 Å². The van der Waals surface area contributed by atoms with E-state index in [0.29, 0.717) is 5.69 Å². The molecule has 1 unspecified atom stereocenters. The maximum Gasteiger partial charge on any atom is 0.326 e. The lowest BCUT2D eigenvalue weighted by molar-refractivity contribution is -0.140. The summed E-state index contributed by atoms with van der Waals surface area (Å²) >= 11 is 1.53. The van der Waals surface area contributed by atoms with Gasteiger partial charge in [-0.15, -0.1) is 11.3 Å². The van der Waals surface area contributed by atoms with Gasteiger partial charge >= 0.3 is 5.97 Å². The molecule has 2 aromatic rings. The number of carbonyl (C=O) groups excluding carboxylic acids is 1. The lowest BCUT2D eigenvalue weighted by Gasteiger charge is -2.17. The van der Waals surface area contributed by atoms with Crippen LogP contribution in [0, 0.1) is 12.8 Å². The highest BCUT2D eigenvalue weighted by Crippen LogP contribution is 2.22. The molecule has 0 aliphatic rings. The number of hydrogen-bond acceptors (Lipinski definition) is 4. The van der Waals surface area contributed by atoms with Gasteiger partial charge in [0.25, 0.3) is 5.91 Å². The average molecular weight is 307 g/mol. The monoisotopic (exact) mass is 307 g/mol. The van der Waals surface area contributed by atoms with Gasteiger partial charge in [0.1, 0.15) is 11.7 Å². The molecule has 0 saturated heterocycles. The van der Waals surface area contributed by atoms with E-state index in [1.807, 2.05) is 12.3 Å². The van der Waals surface area contributed by atoms with E-state index >= 15 is 0 Å². The first-order valence-electron chi connectivity index (χ1n) is 6.53. The third-order valence-electron chi connectivity index (χ3n) is 3.06. The van der Waals surface area contributed by atoms with Crippen molar-refractivity contribution in [1.29, 1.82) is 0 Å². The number of carboxylic acids is 1. The van der Waals surface area contributed by atoms with Crippen LogP contribution in [0.3, 0.4) is 0 Å². The summed E-state index contributed by atoms with van der Waals surface area (Å²) in [6.07, 6.45) is 1.69. The fraction of sp³-hybridized carbons (Fsp3) is 0.357. The predicted molar refractivity (Wildman–Crippen MR) is 80.4 cm³/mol. The van der Waals surface area contributed by atoms with Gasteiger partial charge in [-0.1, -0.05) is 13.8 Å². The molecule has 2 heterocycles. The molecule has 21 heavy (non-hydrogen) atoms. The number of H-pyrrole nitrogens is 1. The zero-order chi connectivity index (χ0) is 15.6. The van der Waals surface area contributed by atoms with E-state index in [2.05, 4.69) is 15.3 Å². The third-order valence-corrected chi connectivity index (χ3v) is 3.84. The molecule has 0 aromatic carbocycles. The van der Waals surface area contributed by atoms with Crippen molar-refractivity contribution in [3.05, 3.63) is 28.3 Å². The van der Waals surface area contributed by atoms with Gasteiger partial charge in [0.05, 0.1) is 10.7 Å². The van der Waals surface area contributed by atoms with Crippen LogP contribution >= 0.6 is 11.3 Å². The Morgan fingerprint density at radius 2 is 2.14 bits per heavy atom. The van der Waals surface area contributed by atoms with Gasteiger partial charge in [-0.3, -0.25) is 4.79 Å². The molecule has 0 bridgehead atoms. The van der Waals surface area contributed by atoms with Crippen LogP contribution in [-0.2, 0) is 4.79 Å². The topological polar surface area (TPSA) is 95.1 Å². The third kappa shape index (κ3) is 3.49. The normalized spacial score (nSPS) is 12.4. The maximum atomic E-state index is 12.1. The highest BCUT2D eigenvalue weighted by Gasteiger charge is 2.24. The van der Waals surface area contributed by atoms with Crippen molar-refractivity contribution in [3.8, 4) is 11.3 Å². The Kier molecular flexibility index (Phi) is 4.42. The van der Waals surface area contributed by atoms with Gasteiger partial charge in [0.15, 0.2) is 0 Å². The minimum absolute atomic E-state index is 0.193. The summed E-state index contributed by atoms with van der Waals surface area (Å²) in [4.78, 5) is 30.4. The van der Waals surface area contributed by atoms with Crippen molar-refractivity contribution in [2.75, 3.05) is 0 Å². The van der Waals surface area contributed by atoms with Crippen LogP contribution in [-0.4, -0.2) is 33.0 Å². The molecule has 0 saturated carbocycles. The zero-order valence-electron chi connectivity index (χ0n) is 12.0. The van der Waals surface area contributed by atoms with E-state index in [1.165, 1.54) is 11.3 Å². The number of rotatable bonds is 5. The Morgan fingerprint density at radius 1 is 1.43 bits per heavy atom. The number of carbonyl (C=O) groups is 2. The second-order valence-corrected chi connectivity index (χ2v) is 6.15. The molecule has 2 aromatic heterocycles. The number of amides is 1. The van der Waals surface area contributed by atoms with Gasteiger partial charge in [-0.2, -0.15) is 0 Å². The lowest BCUT2D eigenvalue weighted by atomic mass is 10.0. The summed E-state index contributed by atoms with van der Waals surface area (Å²) in [5.41, 5.74) is 1.93. The van der Waals surface area contributed by atoms with Crippen molar-refractivity contribution in [2.45, 2.75) is 26.8 Å². The van der Waals surface area contributed by atoms with Crippen molar-refractivity contribution in [2.24, 2.45) is 5.92 Å². The number of thiazole rings is 1.